The maximum Gasteiger partial charge on any atom is 0.175 e. The van der Waals surface area contributed by atoms with Gasteiger partial charge in [-0.15, -0.1) is 0 Å². The second kappa shape index (κ2) is 6.26. The smallest absolute Gasteiger partial charge is 0.175 e. The van der Waals surface area contributed by atoms with Crippen molar-refractivity contribution in [2.24, 2.45) is 0 Å². The van der Waals surface area contributed by atoms with Gasteiger partial charge in [-0.1, -0.05) is 6.07 Å². The van der Waals surface area contributed by atoms with Crippen molar-refractivity contribution in [3.63, 3.8) is 0 Å². The van der Waals surface area contributed by atoms with Crippen LogP contribution in [0.15, 0.2) is 18.2 Å². The highest BCUT2D eigenvalue weighted by atomic mass is 32.1. The van der Waals surface area contributed by atoms with Gasteiger partial charge in [0.2, 0.25) is 0 Å². The fourth-order valence-electron chi connectivity index (χ4n) is 2.51. The van der Waals surface area contributed by atoms with E-state index >= 15 is 0 Å². The van der Waals surface area contributed by atoms with Crippen LogP contribution in [0.25, 0.3) is 0 Å². The zero-order valence-corrected chi connectivity index (χ0v) is 14.1. The van der Waals surface area contributed by atoms with E-state index in [9.17, 15) is 0 Å². The third kappa shape index (κ3) is 3.61. The van der Waals surface area contributed by atoms with Crippen LogP contribution in [0.1, 0.15) is 29.4 Å². The molecule has 1 heterocycles. The van der Waals surface area contributed by atoms with E-state index < -0.39 is 0 Å². The first kappa shape index (κ1) is 15.5. The molecule has 0 aliphatic heterocycles. The van der Waals surface area contributed by atoms with E-state index in [1.54, 1.807) is 0 Å². The lowest BCUT2D eigenvalue weighted by atomic mass is 10.1. The van der Waals surface area contributed by atoms with Crippen LogP contribution in [-0.2, 0) is 6.54 Å². The van der Waals surface area contributed by atoms with Crippen LogP contribution in [0.5, 0.6) is 0 Å². The Bertz CT molecular complexity index is 653. The summed E-state index contributed by atoms with van der Waals surface area (Å²) in [6.45, 7) is 11.1. The number of rotatable bonds is 3. The molecule has 5 heteroatoms. The number of aromatic nitrogens is 2. The van der Waals surface area contributed by atoms with Gasteiger partial charge in [-0.2, -0.15) is 5.10 Å². The standard InChI is InChI=1S/C16H22N4S/c1-6-20-13(5)15(12(4)19-20)18-16(21)17-14-8-10(2)7-11(3)9-14/h7-9H,6H2,1-5H3,(H2,17,18,21). The lowest BCUT2D eigenvalue weighted by Crippen LogP contribution is -2.20. The van der Waals surface area contributed by atoms with E-state index in [1.807, 2.05) is 18.5 Å². The van der Waals surface area contributed by atoms with Gasteiger partial charge in [0.25, 0.3) is 0 Å². The van der Waals surface area contributed by atoms with Crippen molar-refractivity contribution >= 4 is 28.7 Å². The van der Waals surface area contributed by atoms with Crippen LogP contribution in [0, 0.1) is 27.7 Å². The number of thiocarbonyl (C=S) groups is 1. The molecule has 21 heavy (non-hydrogen) atoms. The van der Waals surface area contributed by atoms with E-state index in [0.717, 1.165) is 29.3 Å². The average Bonchev–Trinajstić information content (AvgIpc) is 2.64. The highest BCUT2D eigenvalue weighted by molar-refractivity contribution is 7.80. The van der Waals surface area contributed by atoms with Gasteiger partial charge >= 0.3 is 0 Å². The predicted molar refractivity (Wildman–Crippen MR) is 93.1 cm³/mol. The van der Waals surface area contributed by atoms with Crippen LogP contribution >= 0.6 is 12.2 Å². The molecule has 0 radical (unpaired) electrons. The van der Waals surface area contributed by atoms with Crippen LogP contribution < -0.4 is 10.6 Å². The molecule has 4 nitrogen and oxygen atoms in total. The van der Waals surface area contributed by atoms with Gasteiger partial charge in [-0.05, 0) is 70.1 Å². The number of nitrogens with zero attached hydrogens (tertiary/aromatic N) is 2. The van der Waals surface area contributed by atoms with Gasteiger partial charge in [-0.25, -0.2) is 0 Å². The molecule has 2 aromatic rings. The van der Waals surface area contributed by atoms with Crippen LogP contribution in [0.3, 0.4) is 0 Å². The predicted octanol–water partition coefficient (Wildman–Crippen LogP) is 3.95. The average molecular weight is 302 g/mol. The Morgan fingerprint density at radius 2 is 1.71 bits per heavy atom. The Morgan fingerprint density at radius 3 is 2.24 bits per heavy atom. The van der Waals surface area contributed by atoms with Gasteiger partial charge in [0.15, 0.2) is 5.11 Å². The summed E-state index contributed by atoms with van der Waals surface area (Å²) < 4.78 is 1.97. The number of benzene rings is 1. The normalized spacial score (nSPS) is 10.5. The fraction of sp³-hybridized carbons (Fsp3) is 0.375. The van der Waals surface area contributed by atoms with Gasteiger partial charge < -0.3 is 10.6 Å². The minimum Gasteiger partial charge on any atom is -0.332 e. The number of hydrogen-bond acceptors (Lipinski definition) is 2. The monoisotopic (exact) mass is 302 g/mol. The van der Waals surface area contributed by atoms with E-state index in [-0.39, 0.29) is 0 Å². The second-order valence-electron chi connectivity index (χ2n) is 5.32. The number of hydrogen-bond donors (Lipinski definition) is 2. The van der Waals surface area contributed by atoms with Crippen LogP contribution in [-0.4, -0.2) is 14.9 Å². The lowest BCUT2D eigenvalue weighted by molar-refractivity contribution is 0.634. The quantitative estimate of drug-likeness (QED) is 0.843. The summed E-state index contributed by atoms with van der Waals surface area (Å²) in [6.07, 6.45) is 0. The summed E-state index contributed by atoms with van der Waals surface area (Å²) >= 11 is 5.41. The lowest BCUT2D eigenvalue weighted by Gasteiger charge is -2.12. The van der Waals surface area contributed by atoms with Crippen molar-refractivity contribution in [3.8, 4) is 0 Å². The summed E-state index contributed by atoms with van der Waals surface area (Å²) in [5.74, 6) is 0. The van der Waals surface area contributed by atoms with Crippen molar-refractivity contribution in [2.75, 3.05) is 10.6 Å². The largest absolute Gasteiger partial charge is 0.332 e. The van der Waals surface area contributed by atoms with E-state index in [2.05, 4.69) is 54.7 Å². The minimum absolute atomic E-state index is 0.585. The first-order valence-corrected chi connectivity index (χ1v) is 7.51. The third-order valence-electron chi connectivity index (χ3n) is 3.40. The summed E-state index contributed by atoms with van der Waals surface area (Å²) in [7, 11) is 0. The van der Waals surface area contributed by atoms with Gasteiger partial charge in [0.1, 0.15) is 0 Å². The summed E-state index contributed by atoms with van der Waals surface area (Å²) in [5.41, 5.74) is 6.47. The highest BCUT2D eigenvalue weighted by Gasteiger charge is 2.11. The molecule has 2 N–H and O–H groups in total. The van der Waals surface area contributed by atoms with Crippen LogP contribution in [0.4, 0.5) is 11.4 Å². The Labute approximate surface area is 131 Å². The molecule has 0 unspecified atom stereocenters. The third-order valence-corrected chi connectivity index (χ3v) is 3.60. The number of aryl methyl sites for hydroxylation is 4. The molecule has 0 atom stereocenters. The molecule has 112 valence electrons. The van der Waals surface area contributed by atoms with Crippen molar-refractivity contribution in [2.45, 2.75) is 41.2 Å². The molecule has 0 saturated heterocycles. The SMILES string of the molecule is CCn1nc(C)c(NC(=S)Nc2cc(C)cc(C)c2)c1C. The highest BCUT2D eigenvalue weighted by Crippen LogP contribution is 2.20. The second-order valence-corrected chi connectivity index (χ2v) is 5.73. The fourth-order valence-corrected chi connectivity index (χ4v) is 2.73. The van der Waals surface area contributed by atoms with Crippen LogP contribution in [0.2, 0.25) is 0 Å². The van der Waals surface area contributed by atoms with Crippen molar-refractivity contribution < 1.29 is 0 Å². The number of anilines is 2. The maximum absolute atomic E-state index is 5.41. The zero-order chi connectivity index (χ0) is 15.6. The molecule has 0 aliphatic rings. The Hall–Kier alpha value is -1.88. The molecule has 0 fully saturated rings. The van der Waals surface area contributed by atoms with E-state index in [0.29, 0.717) is 5.11 Å². The Balaban J connectivity index is 2.13. The molecule has 0 spiro atoms. The van der Waals surface area contributed by atoms with Crippen molar-refractivity contribution in [1.29, 1.82) is 0 Å². The zero-order valence-electron chi connectivity index (χ0n) is 13.2. The Morgan fingerprint density at radius 1 is 1.10 bits per heavy atom. The summed E-state index contributed by atoms with van der Waals surface area (Å²) in [5, 5.41) is 11.6. The van der Waals surface area contributed by atoms with Gasteiger partial charge in [0, 0.05) is 12.2 Å². The molecule has 2 rings (SSSR count). The summed E-state index contributed by atoms with van der Waals surface area (Å²) in [6, 6.07) is 6.30. The van der Waals surface area contributed by atoms with Crippen molar-refractivity contribution in [3.05, 3.63) is 40.7 Å². The molecule has 1 aromatic carbocycles. The van der Waals surface area contributed by atoms with Gasteiger partial charge in [0.05, 0.1) is 17.1 Å². The molecule has 0 bridgehead atoms. The Kier molecular flexibility index (Phi) is 4.63. The van der Waals surface area contributed by atoms with Crippen molar-refractivity contribution in [1.82, 2.24) is 9.78 Å². The molecule has 1 aromatic heterocycles. The van der Waals surface area contributed by atoms with Gasteiger partial charge in [-0.3, -0.25) is 4.68 Å². The van der Waals surface area contributed by atoms with E-state index in [1.165, 1.54) is 11.1 Å². The topological polar surface area (TPSA) is 41.9 Å². The molecule has 0 saturated carbocycles. The first-order chi connectivity index (χ1) is 9.90. The molecular formula is C16H22N4S. The molecule has 0 amide bonds. The first-order valence-electron chi connectivity index (χ1n) is 7.11. The summed E-state index contributed by atoms with van der Waals surface area (Å²) in [4.78, 5) is 0. The minimum atomic E-state index is 0.585. The molecule has 0 aliphatic carbocycles. The molecular weight excluding hydrogens is 280 g/mol. The van der Waals surface area contributed by atoms with E-state index in [4.69, 9.17) is 12.2 Å². The number of nitrogens with one attached hydrogen (secondary N) is 2. The maximum atomic E-state index is 5.41.